The van der Waals surface area contributed by atoms with Gasteiger partial charge in [0.05, 0.1) is 11.1 Å². The van der Waals surface area contributed by atoms with Crippen LogP contribution in [0.15, 0.2) is 48.5 Å². The fourth-order valence-electron chi connectivity index (χ4n) is 3.78. The molecule has 0 aliphatic heterocycles. The third kappa shape index (κ3) is 4.88. The molecule has 0 unspecified atom stereocenters. The van der Waals surface area contributed by atoms with Crippen molar-refractivity contribution in [3.63, 3.8) is 0 Å². The maximum Gasteiger partial charge on any atom is 0.195 e. The number of benzene rings is 4. The minimum atomic E-state index is -1.61. The van der Waals surface area contributed by atoms with E-state index in [-0.39, 0.29) is 21.9 Å². The molecule has 0 aliphatic carbocycles. The minimum absolute atomic E-state index is 0.0119. The second kappa shape index (κ2) is 9.83. The molecule has 0 aliphatic rings. The van der Waals surface area contributed by atoms with Gasteiger partial charge in [0.1, 0.15) is 23.3 Å². The van der Waals surface area contributed by atoms with Crippen molar-refractivity contribution in [1.82, 2.24) is 0 Å². The van der Waals surface area contributed by atoms with E-state index in [4.69, 9.17) is 0 Å². The second-order valence-electron chi connectivity index (χ2n) is 8.03. The van der Waals surface area contributed by atoms with Gasteiger partial charge in [-0.25, -0.2) is 30.7 Å². The summed E-state index contributed by atoms with van der Waals surface area (Å²) in [6.07, 6.45) is 2.06. The Balaban J connectivity index is 1.69. The summed E-state index contributed by atoms with van der Waals surface area (Å²) in [6, 6.07) is 8.34. The summed E-state index contributed by atoms with van der Waals surface area (Å²) < 4.78 is 99.3. The summed E-state index contributed by atoms with van der Waals surface area (Å²) in [6.45, 7) is 1.94. The molecule has 35 heavy (non-hydrogen) atoms. The SMILES string of the molecule is CCCCc1cc(F)c(-c2cc(F)c(C#Cc3ccc4c(F)c(F)c(F)cc4c3)c(F)c2)c(F)c1. The molecule has 0 aromatic heterocycles. The zero-order valence-electron chi connectivity index (χ0n) is 18.4. The molecule has 0 heterocycles. The van der Waals surface area contributed by atoms with E-state index >= 15 is 0 Å². The van der Waals surface area contributed by atoms with Gasteiger partial charge in [-0.2, -0.15) is 0 Å². The average molecular weight is 486 g/mol. The van der Waals surface area contributed by atoms with Crippen LogP contribution in [0.1, 0.15) is 36.5 Å². The van der Waals surface area contributed by atoms with Crippen molar-refractivity contribution < 1.29 is 30.7 Å². The van der Waals surface area contributed by atoms with Gasteiger partial charge in [-0.3, -0.25) is 0 Å². The first kappa shape index (κ1) is 24.3. The number of hydrogen-bond acceptors (Lipinski definition) is 0. The van der Waals surface area contributed by atoms with Crippen LogP contribution in [0, 0.1) is 52.6 Å². The highest BCUT2D eigenvalue weighted by Crippen LogP contribution is 2.30. The lowest BCUT2D eigenvalue weighted by Gasteiger charge is -2.10. The molecule has 0 nitrogen and oxygen atoms in total. The monoisotopic (exact) mass is 486 g/mol. The molecule has 0 saturated heterocycles. The molecular formula is C28H17F7. The summed E-state index contributed by atoms with van der Waals surface area (Å²) >= 11 is 0. The molecule has 4 aromatic rings. The number of rotatable bonds is 4. The molecule has 4 rings (SSSR count). The molecule has 7 heteroatoms. The second-order valence-corrected chi connectivity index (χ2v) is 8.03. The molecule has 0 bridgehead atoms. The Morgan fingerprint density at radius 1 is 0.657 bits per heavy atom. The fraction of sp³-hybridized carbons (Fsp3) is 0.143. The highest BCUT2D eigenvalue weighted by molar-refractivity contribution is 5.84. The topological polar surface area (TPSA) is 0 Å². The van der Waals surface area contributed by atoms with E-state index in [1.54, 1.807) is 0 Å². The number of aryl methyl sites for hydroxylation is 1. The normalized spacial score (nSPS) is 11.0. The lowest BCUT2D eigenvalue weighted by molar-refractivity contribution is 0.453. The van der Waals surface area contributed by atoms with Gasteiger partial charge in [0.2, 0.25) is 0 Å². The van der Waals surface area contributed by atoms with E-state index in [1.165, 1.54) is 18.2 Å². The van der Waals surface area contributed by atoms with Gasteiger partial charge in [0, 0.05) is 10.9 Å². The molecule has 4 aromatic carbocycles. The van der Waals surface area contributed by atoms with Crippen molar-refractivity contribution in [2.24, 2.45) is 0 Å². The number of halogens is 7. The molecular weight excluding hydrogens is 469 g/mol. The van der Waals surface area contributed by atoms with Gasteiger partial charge in [-0.1, -0.05) is 31.3 Å². The van der Waals surface area contributed by atoms with Gasteiger partial charge >= 0.3 is 0 Å². The summed E-state index contributed by atoms with van der Waals surface area (Å²) in [7, 11) is 0. The van der Waals surface area contributed by atoms with Crippen LogP contribution in [0.2, 0.25) is 0 Å². The largest absolute Gasteiger partial charge is 0.206 e. The van der Waals surface area contributed by atoms with Gasteiger partial charge in [0.25, 0.3) is 0 Å². The zero-order chi connectivity index (χ0) is 25.3. The van der Waals surface area contributed by atoms with Gasteiger partial charge in [-0.15, -0.1) is 0 Å². The third-order valence-electron chi connectivity index (χ3n) is 5.56. The zero-order valence-corrected chi connectivity index (χ0v) is 18.4. The summed E-state index contributed by atoms with van der Waals surface area (Å²) in [4.78, 5) is 0. The van der Waals surface area contributed by atoms with Crippen molar-refractivity contribution in [1.29, 1.82) is 0 Å². The predicted octanol–water partition coefficient (Wildman–Crippen LogP) is 8.22. The predicted molar refractivity (Wildman–Crippen MR) is 120 cm³/mol. The summed E-state index contributed by atoms with van der Waals surface area (Å²) in [5, 5.41) is -0.168. The molecule has 0 saturated carbocycles. The van der Waals surface area contributed by atoms with E-state index in [1.807, 2.05) is 6.92 Å². The minimum Gasteiger partial charge on any atom is -0.206 e. The Morgan fingerprint density at radius 2 is 1.31 bits per heavy atom. The van der Waals surface area contributed by atoms with Crippen molar-refractivity contribution in [3.05, 3.63) is 106 Å². The number of fused-ring (bicyclic) bond motifs is 1. The molecule has 0 N–H and O–H groups in total. The molecule has 0 fully saturated rings. The van der Waals surface area contributed by atoms with Crippen LogP contribution in [0.5, 0.6) is 0 Å². The maximum absolute atomic E-state index is 14.7. The number of unbranched alkanes of at least 4 members (excludes halogenated alkanes) is 1. The lowest BCUT2D eigenvalue weighted by Crippen LogP contribution is -1.98. The standard InChI is InChI=1S/C28H17F7/c1-2-3-4-16-10-23(31)26(24(32)11-16)18-13-21(29)20(22(30)14-18)8-6-15-5-7-19-17(9-15)12-25(33)28(35)27(19)34/h5,7,9-14H,2-4H2,1H3. The van der Waals surface area contributed by atoms with Crippen LogP contribution in [0.4, 0.5) is 30.7 Å². The van der Waals surface area contributed by atoms with Crippen molar-refractivity contribution >= 4 is 10.8 Å². The fourth-order valence-corrected chi connectivity index (χ4v) is 3.78. The van der Waals surface area contributed by atoms with Crippen LogP contribution < -0.4 is 0 Å². The van der Waals surface area contributed by atoms with Crippen molar-refractivity contribution in [3.8, 4) is 23.0 Å². The van der Waals surface area contributed by atoms with E-state index in [2.05, 4.69) is 11.8 Å². The van der Waals surface area contributed by atoms with Crippen LogP contribution in [-0.2, 0) is 6.42 Å². The molecule has 0 spiro atoms. The Morgan fingerprint density at radius 3 is 1.94 bits per heavy atom. The van der Waals surface area contributed by atoms with Crippen molar-refractivity contribution in [2.75, 3.05) is 0 Å². The van der Waals surface area contributed by atoms with Gasteiger partial charge in [-0.05, 0) is 71.8 Å². The quantitative estimate of drug-likeness (QED) is 0.155. The van der Waals surface area contributed by atoms with Gasteiger partial charge < -0.3 is 0 Å². The average Bonchev–Trinajstić information content (AvgIpc) is 2.80. The highest BCUT2D eigenvalue weighted by Gasteiger charge is 2.18. The smallest absolute Gasteiger partial charge is 0.195 e. The molecule has 0 amide bonds. The van der Waals surface area contributed by atoms with E-state index in [9.17, 15) is 30.7 Å². The maximum atomic E-state index is 14.7. The van der Waals surface area contributed by atoms with E-state index < -0.39 is 51.8 Å². The first-order valence-electron chi connectivity index (χ1n) is 10.8. The Labute approximate surface area is 197 Å². The van der Waals surface area contributed by atoms with Crippen LogP contribution in [-0.4, -0.2) is 0 Å². The summed E-state index contributed by atoms with van der Waals surface area (Å²) in [5.74, 6) is -3.71. The first-order valence-corrected chi connectivity index (χ1v) is 10.8. The lowest BCUT2D eigenvalue weighted by atomic mass is 9.98. The summed E-state index contributed by atoms with van der Waals surface area (Å²) in [5.41, 5.74) is -0.905. The van der Waals surface area contributed by atoms with Crippen LogP contribution in [0.3, 0.4) is 0 Å². The Kier molecular flexibility index (Phi) is 6.83. The third-order valence-corrected chi connectivity index (χ3v) is 5.56. The highest BCUT2D eigenvalue weighted by atomic mass is 19.2. The Hall–Kier alpha value is -3.79. The molecule has 0 radical (unpaired) electrons. The Bertz CT molecular complexity index is 1460. The van der Waals surface area contributed by atoms with Crippen LogP contribution in [0.25, 0.3) is 21.9 Å². The number of hydrogen-bond donors (Lipinski definition) is 0. The van der Waals surface area contributed by atoms with E-state index in [0.29, 0.717) is 12.0 Å². The first-order chi connectivity index (χ1) is 16.7. The molecule has 178 valence electrons. The van der Waals surface area contributed by atoms with E-state index in [0.717, 1.165) is 43.2 Å². The van der Waals surface area contributed by atoms with Crippen molar-refractivity contribution in [2.45, 2.75) is 26.2 Å². The van der Waals surface area contributed by atoms with Crippen LogP contribution >= 0.6 is 0 Å². The van der Waals surface area contributed by atoms with Gasteiger partial charge in [0.15, 0.2) is 17.5 Å². The molecule has 0 atom stereocenters.